The highest BCUT2D eigenvalue weighted by molar-refractivity contribution is 6.01. The van der Waals surface area contributed by atoms with Gasteiger partial charge in [-0.05, 0) is 97.0 Å². The fourth-order valence-corrected chi connectivity index (χ4v) is 11.9. The summed E-state index contributed by atoms with van der Waals surface area (Å²) < 4.78 is 0. The quantitative estimate of drug-likeness (QED) is 0.0254. The zero-order valence-corrected chi connectivity index (χ0v) is 54.4. The van der Waals surface area contributed by atoms with Crippen molar-refractivity contribution in [1.29, 1.82) is 0 Å². The third-order valence-electron chi connectivity index (χ3n) is 17.5. The summed E-state index contributed by atoms with van der Waals surface area (Å²) in [5.74, 6) is -12.4. The Hall–Kier alpha value is -10.7. The molecule has 29 nitrogen and oxygen atoms in total. The number of carboxylic acids is 2. The number of nitrogens with two attached hydrogens (primary N) is 3. The number of rotatable bonds is 36. The lowest BCUT2D eigenvalue weighted by molar-refractivity contribution is -0.144. The van der Waals surface area contributed by atoms with Crippen LogP contribution in [0.25, 0.3) is 21.8 Å². The van der Waals surface area contributed by atoms with Crippen molar-refractivity contribution >= 4 is 92.8 Å². The second kappa shape index (κ2) is 34.3. The maximum atomic E-state index is 15.2. The van der Waals surface area contributed by atoms with Gasteiger partial charge in [0.05, 0.1) is 18.9 Å². The van der Waals surface area contributed by atoms with Crippen LogP contribution in [-0.4, -0.2) is 175 Å². The van der Waals surface area contributed by atoms with Gasteiger partial charge >= 0.3 is 11.9 Å². The standard InChI is InChI=1S/C69H86N14O15/c1-37(2)59(72)67(95)75-48(18-10-26-70)60(88)76-50(29-39-20-21-39)62(90)81-54(30-40-22-24-43(84)25-23-40)68(96)83-27-11-19-56(83)66(94)80-51(31-41-35-73-46-16-8-6-14-44(41)46)63(91)77-49(28-38-12-4-3-5-13-38)61(89)78-52(33-57(71)85)64(92)79-53(34-58(86)87)65(93)82-55(69(97)98)32-42-36-74-47-17-9-7-15-45(42)47/h3-9,12-17,22-25,35-37,39,48-56,59,73-74,84H,10-11,18-21,26-34,70,72H2,1-2H3,(H2,71,85)(H,75,95)(H,76,88)(H,77,91)(H,78,89)(H,79,92)(H,80,94)(H,81,90)(H,82,93)(H,86,87)(H,97,98)/t48-,49-,50-,51-,52-,53-,54-,55-,56-,59-/m0/s1. The van der Waals surface area contributed by atoms with Gasteiger partial charge in [0.15, 0.2) is 0 Å². The van der Waals surface area contributed by atoms with E-state index < -0.39 is 144 Å². The van der Waals surface area contributed by atoms with Crippen molar-refractivity contribution in [3.63, 3.8) is 0 Å². The number of hydrogen-bond donors (Lipinski definition) is 16. The highest BCUT2D eigenvalue weighted by atomic mass is 16.4. The van der Waals surface area contributed by atoms with E-state index in [0.717, 1.165) is 12.8 Å². The highest BCUT2D eigenvalue weighted by Gasteiger charge is 2.42. The van der Waals surface area contributed by atoms with E-state index in [1.807, 2.05) is 0 Å². The average Bonchev–Trinajstić information content (AvgIpc) is 1.61. The number of likely N-dealkylation sites (tertiary alicyclic amines) is 1. The van der Waals surface area contributed by atoms with Gasteiger partial charge in [-0.25, -0.2) is 4.79 Å². The fourth-order valence-electron chi connectivity index (χ4n) is 11.9. The molecule has 8 rings (SSSR count). The average molecular weight is 1350 g/mol. The smallest absolute Gasteiger partial charge is 0.326 e. The van der Waals surface area contributed by atoms with Gasteiger partial charge in [0.2, 0.25) is 59.1 Å². The Balaban J connectivity index is 1.03. The molecule has 522 valence electrons. The fraction of sp³-hybridized carbons (Fsp3) is 0.420. The van der Waals surface area contributed by atoms with Crippen LogP contribution < -0.4 is 59.7 Å². The number of amides is 10. The number of phenolic OH excluding ortho intramolecular Hbond substituents is 1. The first kappa shape index (κ1) is 73.1. The van der Waals surface area contributed by atoms with E-state index in [4.69, 9.17) is 17.2 Å². The van der Waals surface area contributed by atoms with Gasteiger partial charge in [-0.1, -0.05) is 106 Å². The van der Waals surface area contributed by atoms with E-state index in [9.17, 15) is 58.5 Å². The molecule has 0 spiro atoms. The molecule has 1 aliphatic heterocycles. The first-order valence-electron chi connectivity index (χ1n) is 32.7. The first-order valence-corrected chi connectivity index (χ1v) is 32.7. The van der Waals surface area contributed by atoms with Crippen LogP contribution in [0.4, 0.5) is 0 Å². The molecule has 0 radical (unpaired) electrons. The number of carbonyl (C=O) groups is 12. The molecule has 98 heavy (non-hydrogen) atoms. The number of aromatic amines is 2. The zero-order chi connectivity index (χ0) is 70.7. The molecule has 19 N–H and O–H groups in total. The molecule has 1 aliphatic carbocycles. The van der Waals surface area contributed by atoms with Gasteiger partial charge in [0.25, 0.3) is 0 Å². The lowest BCUT2D eigenvalue weighted by Crippen LogP contribution is -2.61. The van der Waals surface area contributed by atoms with Crippen LogP contribution in [0, 0.1) is 11.8 Å². The molecule has 2 fully saturated rings. The third kappa shape index (κ3) is 20.4. The second-order valence-electron chi connectivity index (χ2n) is 25.4. The molecule has 1 saturated heterocycles. The number of aromatic nitrogens is 2. The molecule has 0 bridgehead atoms. The van der Waals surface area contributed by atoms with Crippen molar-refractivity contribution in [2.75, 3.05) is 13.1 Å². The summed E-state index contributed by atoms with van der Waals surface area (Å²) in [6, 6.07) is 13.9. The van der Waals surface area contributed by atoms with Crippen molar-refractivity contribution in [2.24, 2.45) is 29.0 Å². The number of primary amides is 1. The number of aliphatic carboxylic acids is 2. The number of benzene rings is 4. The third-order valence-corrected chi connectivity index (χ3v) is 17.5. The van der Waals surface area contributed by atoms with Gasteiger partial charge in [-0.3, -0.25) is 52.7 Å². The molecule has 1 saturated carbocycles. The number of phenols is 1. The number of nitrogens with zero attached hydrogens (tertiary/aromatic N) is 1. The van der Waals surface area contributed by atoms with Crippen molar-refractivity contribution < 1.29 is 72.9 Å². The molecule has 4 aromatic carbocycles. The van der Waals surface area contributed by atoms with Crippen LogP contribution in [0.2, 0.25) is 0 Å². The summed E-state index contributed by atoms with van der Waals surface area (Å²) in [5, 5.41) is 52.5. The molecule has 2 aliphatic rings. The van der Waals surface area contributed by atoms with Crippen LogP contribution in [0.15, 0.2) is 116 Å². The van der Waals surface area contributed by atoms with Crippen LogP contribution in [0.5, 0.6) is 5.75 Å². The van der Waals surface area contributed by atoms with Crippen molar-refractivity contribution in [3.05, 3.63) is 138 Å². The summed E-state index contributed by atoms with van der Waals surface area (Å²) in [6.45, 7) is 3.75. The summed E-state index contributed by atoms with van der Waals surface area (Å²) in [5.41, 5.74) is 20.9. The Labute approximate surface area is 564 Å². The minimum Gasteiger partial charge on any atom is -0.508 e. The number of para-hydroxylation sites is 2. The van der Waals surface area contributed by atoms with Crippen LogP contribution in [0.1, 0.15) is 93.9 Å². The number of carbonyl (C=O) groups excluding carboxylic acids is 10. The Morgan fingerprint density at radius 2 is 1.00 bits per heavy atom. The summed E-state index contributed by atoms with van der Waals surface area (Å²) in [7, 11) is 0. The minimum atomic E-state index is -1.97. The number of H-pyrrole nitrogens is 2. The number of hydrogen-bond acceptors (Lipinski definition) is 15. The maximum Gasteiger partial charge on any atom is 0.326 e. The number of aromatic hydroxyl groups is 1. The number of nitrogens with one attached hydrogen (secondary N) is 10. The summed E-state index contributed by atoms with van der Waals surface area (Å²) in [6.07, 6.45) is 2.99. The van der Waals surface area contributed by atoms with Crippen LogP contribution in [-0.2, 0) is 83.2 Å². The second-order valence-corrected chi connectivity index (χ2v) is 25.4. The predicted molar refractivity (Wildman–Crippen MR) is 358 cm³/mol. The summed E-state index contributed by atoms with van der Waals surface area (Å²) in [4.78, 5) is 175. The SMILES string of the molecule is CC(C)[C@H](N)C(=O)N[C@@H](CCCN)C(=O)N[C@@H](CC1CC1)C(=O)N[C@@H](Cc1ccc(O)cc1)C(=O)N1CCC[C@H]1C(=O)N[C@@H](Cc1c[nH]c2ccccc12)C(=O)N[C@@H](Cc1ccccc1)C(=O)N[C@@H](CC(N)=O)C(=O)N[C@@H](CC(=O)O)C(=O)N[C@@H](Cc1c[nH]c2ccccc12)C(=O)O. The predicted octanol–water partition coefficient (Wildman–Crippen LogP) is 0.452. The van der Waals surface area contributed by atoms with Gasteiger partial charge in [0.1, 0.15) is 60.1 Å². The van der Waals surface area contributed by atoms with E-state index in [1.165, 1.54) is 17.0 Å². The Kier molecular flexibility index (Phi) is 25.6. The molecule has 10 atom stereocenters. The van der Waals surface area contributed by atoms with Crippen LogP contribution >= 0.6 is 0 Å². The molecule has 6 aromatic rings. The first-order chi connectivity index (χ1) is 46.8. The van der Waals surface area contributed by atoms with Gasteiger partial charge < -0.3 is 89.9 Å². The van der Waals surface area contributed by atoms with Gasteiger partial charge in [0, 0.05) is 66.4 Å². The van der Waals surface area contributed by atoms with E-state index in [2.05, 4.69) is 52.5 Å². The van der Waals surface area contributed by atoms with Crippen molar-refractivity contribution in [2.45, 2.75) is 158 Å². The molecular weight excluding hydrogens is 1260 g/mol. The van der Waals surface area contributed by atoms with Crippen molar-refractivity contribution in [3.8, 4) is 5.75 Å². The van der Waals surface area contributed by atoms with Gasteiger partial charge in [-0.2, -0.15) is 0 Å². The minimum absolute atomic E-state index is 0.0250. The largest absolute Gasteiger partial charge is 0.508 e. The topological polar surface area (TPSA) is 475 Å². The molecule has 2 aromatic heterocycles. The monoisotopic (exact) mass is 1350 g/mol. The van der Waals surface area contributed by atoms with Crippen molar-refractivity contribution in [1.82, 2.24) is 57.4 Å². The molecule has 0 unspecified atom stereocenters. The van der Waals surface area contributed by atoms with E-state index in [0.29, 0.717) is 56.9 Å². The molecular formula is C69H86N14O15. The molecule has 3 heterocycles. The highest BCUT2D eigenvalue weighted by Crippen LogP contribution is 2.34. The number of carboxylic acid groups (broad SMARTS) is 2. The van der Waals surface area contributed by atoms with E-state index in [-0.39, 0.29) is 75.6 Å². The Morgan fingerprint density at radius 3 is 1.56 bits per heavy atom. The van der Waals surface area contributed by atoms with E-state index >= 15 is 14.4 Å². The zero-order valence-electron chi connectivity index (χ0n) is 54.4. The molecule has 10 amide bonds. The van der Waals surface area contributed by atoms with Crippen LogP contribution in [0.3, 0.4) is 0 Å². The lowest BCUT2D eigenvalue weighted by atomic mass is 10.0. The maximum absolute atomic E-state index is 15.2. The summed E-state index contributed by atoms with van der Waals surface area (Å²) >= 11 is 0. The Bertz CT molecular complexity index is 3850. The number of fused-ring (bicyclic) bond motifs is 2. The van der Waals surface area contributed by atoms with E-state index in [1.54, 1.807) is 117 Å². The Morgan fingerprint density at radius 1 is 0.531 bits per heavy atom. The van der Waals surface area contributed by atoms with Gasteiger partial charge in [-0.15, -0.1) is 0 Å². The molecule has 29 heteroatoms. The lowest BCUT2D eigenvalue weighted by Gasteiger charge is -2.31. The normalized spacial score (nSPS) is 16.4.